The molecule has 1 saturated heterocycles. The number of likely N-dealkylation sites (tertiary alicyclic amines) is 1. The van der Waals surface area contributed by atoms with Crippen LogP contribution in [-0.2, 0) is 11.3 Å². The molecular formula is C18H21N3O3S2. The molecule has 1 aliphatic heterocycles. The number of aromatic carboxylic acids is 1. The topological polar surface area (TPSA) is 82.5 Å². The van der Waals surface area contributed by atoms with Crippen LogP contribution in [0.5, 0.6) is 0 Å². The van der Waals surface area contributed by atoms with Crippen molar-refractivity contribution >= 4 is 35.0 Å². The summed E-state index contributed by atoms with van der Waals surface area (Å²) in [5, 5.41) is 13.9. The first-order valence-electron chi connectivity index (χ1n) is 8.49. The largest absolute Gasteiger partial charge is 0.476 e. The molecule has 0 aliphatic carbocycles. The molecular weight excluding hydrogens is 370 g/mol. The van der Waals surface area contributed by atoms with E-state index in [0.717, 1.165) is 23.8 Å². The number of rotatable bonds is 9. The van der Waals surface area contributed by atoms with E-state index >= 15 is 0 Å². The summed E-state index contributed by atoms with van der Waals surface area (Å²) in [5.41, 5.74) is 1.31. The van der Waals surface area contributed by atoms with Gasteiger partial charge in [-0.1, -0.05) is 42.1 Å². The Bertz CT molecular complexity index is 751. The molecule has 1 fully saturated rings. The third-order valence-corrected chi connectivity index (χ3v) is 6.27. The molecule has 8 heteroatoms. The third-order valence-electron chi connectivity index (χ3n) is 4.26. The number of nitrogens with zero attached hydrogens (tertiary/aromatic N) is 2. The number of benzene rings is 1. The number of amides is 1. The van der Waals surface area contributed by atoms with Gasteiger partial charge >= 0.3 is 5.97 Å². The van der Waals surface area contributed by atoms with Crippen molar-refractivity contribution in [1.82, 2.24) is 15.2 Å². The van der Waals surface area contributed by atoms with Crippen LogP contribution in [-0.4, -0.2) is 51.8 Å². The van der Waals surface area contributed by atoms with E-state index in [-0.39, 0.29) is 17.6 Å². The first-order chi connectivity index (χ1) is 12.6. The van der Waals surface area contributed by atoms with E-state index in [1.54, 1.807) is 5.38 Å². The number of carboxylic acid groups (broad SMARTS) is 1. The Morgan fingerprint density at radius 1 is 1.38 bits per heavy atom. The van der Waals surface area contributed by atoms with Gasteiger partial charge < -0.3 is 15.3 Å². The summed E-state index contributed by atoms with van der Waals surface area (Å²) < 4.78 is 0.729. The highest BCUT2D eigenvalue weighted by Crippen LogP contribution is 2.24. The quantitative estimate of drug-likeness (QED) is 0.640. The average molecular weight is 392 g/mol. The van der Waals surface area contributed by atoms with Crippen LogP contribution in [0, 0.1) is 0 Å². The lowest BCUT2D eigenvalue weighted by Gasteiger charge is -2.25. The molecule has 1 aromatic carbocycles. The third kappa shape index (κ3) is 5.06. The first kappa shape index (κ1) is 18.9. The molecule has 1 amide bonds. The van der Waals surface area contributed by atoms with Crippen molar-refractivity contribution < 1.29 is 14.7 Å². The summed E-state index contributed by atoms with van der Waals surface area (Å²) in [5.74, 6) is -0.0946. The van der Waals surface area contributed by atoms with Gasteiger partial charge in [0.25, 0.3) is 0 Å². The minimum Gasteiger partial charge on any atom is -0.476 e. The molecule has 0 spiro atoms. The van der Waals surface area contributed by atoms with Crippen molar-refractivity contribution in [3.8, 4) is 0 Å². The molecule has 138 valence electrons. The van der Waals surface area contributed by atoms with Crippen LogP contribution in [0.4, 0.5) is 0 Å². The minimum atomic E-state index is -1.01. The second kappa shape index (κ2) is 9.16. The van der Waals surface area contributed by atoms with E-state index in [1.165, 1.54) is 28.7 Å². The highest BCUT2D eigenvalue weighted by Gasteiger charge is 2.30. The number of carboxylic acids is 1. The van der Waals surface area contributed by atoms with Crippen molar-refractivity contribution in [2.45, 2.75) is 29.8 Å². The monoisotopic (exact) mass is 391 g/mol. The Balaban J connectivity index is 1.44. The van der Waals surface area contributed by atoms with Crippen molar-refractivity contribution in [2.24, 2.45) is 0 Å². The van der Waals surface area contributed by atoms with Crippen LogP contribution in [0.25, 0.3) is 0 Å². The molecule has 0 radical (unpaired) electrons. The lowest BCUT2D eigenvalue weighted by molar-refractivity contribution is -0.128. The SMILES string of the molecule is O=C(O)c1csc(SCCN2C(=O)CC[C@@H]2CNCc2ccccc2)n1. The number of hydrogen-bond acceptors (Lipinski definition) is 6. The van der Waals surface area contributed by atoms with E-state index in [1.807, 2.05) is 23.1 Å². The molecule has 2 heterocycles. The summed E-state index contributed by atoms with van der Waals surface area (Å²) in [6.45, 7) is 2.24. The predicted octanol–water partition coefficient (Wildman–Crippen LogP) is 2.71. The summed E-state index contributed by atoms with van der Waals surface area (Å²) in [7, 11) is 0. The van der Waals surface area contributed by atoms with Gasteiger partial charge in [-0.05, 0) is 12.0 Å². The molecule has 2 N–H and O–H groups in total. The number of aromatic nitrogens is 1. The average Bonchev–Trinajstić information content (AvgIpc) is 3.24. The van der Waals surface area contributed by atoms with Crippen LogP contribution in [0.3, 0.4) is 0 Å². The number of thiazole rings is 1. The molecule has 3 rings (SSSR count). The molecule has 26 heavy (non-hydrogen) atoms. The predicted molar refractivity (Wildman–Crippen MR) is 103 cm³/mol. The number of carbonyl (C=O) groups is 2. The van der Waals surface area contributed by atoms with Gasteiger partial charge in [0.05, 0.1) is 0 Å². The van der Waals surface area contributed by atoms with Gasteiger partial charge in [0.15, 0.2) is 10.0 Å². The lowest BCUT2D eigenvalue weighted by Crippen LogP contribution is -2.41. The van der Waals surface area contributed by atoms with E-state index in [4.69, 9.17) is 5.11 Å². The molecule has 2 aromatic rings. The van der Waals surface area contributed by atoms with Crippen LogP contribution >= 0.6 is 23.1 Å². The van der Waals surface area contributed by atoms with Crippen LogP contribution in [0.2, 0.25) is 0 Å². The van der Waals surface area contributed by atoms with Crippen molar-refractivity contribution in [3.05, 3.63) is 47.0 Å². The Kier molecular flexibility index (Phi) is 6.65. The maximum Gasteiger partial charge on any atom is 0.355 e. The summed E-state index contributed by atoms with van der Waals surface area (Å²) in [4.78, 5) is 29.0. The second-order valence-corrected chi connectivity index (χ2v) is 8.25. The maximum absolute atomic E-state index is 12.2. The van der Waals surface area contributed by atoms with Crippen molar-refractivity contribution in [2.75, 3.05) is 18.8 Å². The van der Waals surface area contributed by atoms with E-state index in [2.05, 4.69) is 22.4 Å². The Labute approximate surface area is 160 Å². The lowest BCUT2D eigenvalue weighted by atomic mass is 10.2. The van der Waals surface area contributed by atoms with Crippen LogP contribution in [0.1, 0.15) is 28.9 Å². The Morgan fingerprint density at radius 3 is 2.92 bits per heavy atom. The normalized spacial score (nSPS) is 17.0. The Morgan fingerprint density at radius 2 is 2.19 bits per heavy atom. The number of nitrogens with one attached hydrogen (secondary N) is 1. The van der Waals surface area contributed by atoms with Gasteiger partial charge in [-0.25, -0.2) is 9.78 Å². The minimum absolute atomic E-state index is 0.0812. The zero-order valence-electron chi connectivity index (χ0n) is 14.3. The molecule has 1 aliphatic rings. The molecule has 0 unspecified atom stereocenters. The van der Waals surface area contributed by atoms with E-state index < -0.39 is 5.97 Å². The molecule has 0 bridgehead atoms. The zero-order chi connectivity index (χ0) is 18.4. The highest BCUT2D eigenvalue weighted by molar-refractivity contribution is 8.01. The van der Waals surface area contributed by atoms with E-state index in [9.17, 15) is 9.59 Å². The van der Waals surface area contributed by atoms with Gasteiger partial charge in [0, 0.05) is 43.2 Å². The van der Waals surface area contributed by atoms with Crippen LogP contribution in [0.15, 0.2) is 40.1 Å². The fourth-order valence-electron chi connectivity index (χ4n) is 2.94. The van der Waals surface area contributed by atoms with Gasteiger partial charge in [-0.3, -0.25) is 4.79 Å². The molecule has 0 saturated carbocycles. The number of thioether (sulfide) groups is 1. The van der Waals surface area contributed by atoms with Crippen LogP contribution < -0.4 is 5.32 Å². The van der Waals surface area contributed by atoms with Gasteiger partial charge in [0.1, 0.15) is 0 Å². The van der Waals surface area contributed by atoms with Gasteiger partial charge in [0.2, 0.25) is 5.91 Å². The zero-order valence-corrected chi connectivity index (χ0v) is 15.9. The molecule has 1 atom stereocenters. The standard InChI is InChI=1S/C18H21N3O3S2/c22-16-7-6-14(11-19-10-13-4-2-1-3-5-13)21(16)8-9-25-18-20-15(12-26-18)17(23)24/h1-5,12,14,19H,6-11H2,(H,23,24)/t14-/m1/s1. The summed E-state index contributed by atoms with van der Waals surface area (Å²) in [6.07, 6.45) is 1.48. The van der Waals surface area contributed by atoms with Crippen molar-refractivity contribution in [1.29, 1.82) is 0 Å². The summed E-state index contributed by atoms with van der Waals surface area (Å²) >= 11 is 2.83. The molecule has 6 nitrogen and oxygen atoms in total. The summed E-state index contributed by atoms with van der Waals surface area (Å²) in [6, 6.07) is 10.4. The maximum atomic E-state index is 12.2. The fourth-order valence-corrected chi connectivity index (χ4v) is 4.75. The number of carbonyl (C=O) groups excluding carboxylic acids is 1. The fraction of sp³-hybridized carbons (Fsp3) is 0.389. The molecule has 1 aromatic heterocycles. The second-order valence-electron chi connectivity index (χ2n) is 6.05. The van der Waals surface area contributed by atoms with E-state index in [0.29, 0.717) is 18.7 Å². The smallest absolute Gasteiger partial charge is 0.355 e. The van der Waals surface area contributed by atoms with Crippen molar-refractivity contribution in [3.63, 3.8) is 0 Å². The highest BCUT2D eigenvalue weighted by atomic mass is 32.2. The number of hydrogen-bond donors (Lipinski definition) is 2. The van der Waals surface area contributed by atoms with Gasteiger partial charge in [-0.15, -0.1) is 11.3 Å². The first-order valence-corrected chi connectivity index (χ1v) is 10.4. The Hall–Kier alpha value is -1.90. The van der Waals surface area contributed by atoms with Gasteiger partial charge in [-0.2, -0.15) is 0 Å².